The van der Waals surface area contributed by atoms with Gasteiger partial charge in [-0.2, -0.15) is 5.10 Å². The van der Waals surface area contributed by atoms with Crippen LogP contribution in [-0.2, 0) is 16.0 Å². The summed E-state index contributed by atoms with van der Waals surface area (Å²) in [5.41, 5.74) is 9.29. The van der Waals surface area contributed by atoms with Crippen LogP contribution >= 0.6 is 0 Å². The van der Waals surface area contributed by atoms with Crippen molar-refractivity contribution in [2.45, 2.75) is 77.4 Å². The Morgan fingerprint density at radius 3 is 2.72 bits per heavy atom. The van der Waals surface area contributed by atoms with Crippen molar-refractivity contribution in [2.75, 3.05) is 31.2 Å². The fourth-order valence-corrected chi connectivity index (χ4v) is 6.06. The summed E-state index contributed by atoms with van der Waals surface area (Å²) in [5.74, 6) is -0.429. The van der Waals surface area contributed by atoms with Crippen LogP contribution in [0.2, 0.25) is 0 Å². The number of fused-ring (bicyclic) bond motifs is 1. The highest BCUT2D eigenvalue weighted by atomic mass is 16.2. The number of nitrogen functional groups attached to an aromatic ring is 1. The quantitative estimate of drug-likeness (QED) is 0.478. The van der Waals surface area contributed by atoms with Crippen LogP contribution in [0.25, 0.3) is 10.9 Å². The molecule has 208 valence electrons. The topological polar surface area (TPSA) is 109 Å². The number of carbonyl (C=O) groups excluding carboxylic acids is 2. The summed E-state index contributed by atoms with van der Waals surface area (Å²) in [4.78, 5) is 34.8. The third kappa shape index (κ3) is 5.50. The van der Waals surface area contributed by atoms with Crippen molar-refractivity contribution in [1.29, 1.82) is 0 Å². The third-order valence-electron chi connectivity index (χ3n) is 8.79. The van der Waals surface area contributed by atoms with Gasteiger partial charge in [-0.3, -0.25) is 14.3 Å². The van der Waals surface area contributed by atoms with Gasteiger partial charge in [0.15, 0.2) is 0 Å². The second-order valence-corrected chi connectivity index (χ2v) is 12.0. The maximum absolute atomic E-state index is 13.5. The summed E-state index contributed by atoms with van der Waals surface area (Å²) in [6, 6.07) is 8.25. The largest absolute Gasteiger partial charge is 0.383 e. The minimum atomic E-state index is -0.655. The molecule has 2 amide bonds. The number of likely N-dealkylation sites (tertiary alicyclic amines) is 2. The average Bonchev–Trinajstić information content (AvgIpc) is 3.34. The van der Waals surface area contributed by atoms with Crippen LogP contribution in [0.3, 0.4) is 0 Å². The lowest BCUT2D eigenvalue weighted by molar-refractivity contribution is -0.146. The van der Waals surface area contributed by atoms with Crippen molar-refractivity contribution in [2.24, 2.45) is 5.92 Å². The number of amides is 2. The summed E-state index contributed by atoms with van der Waals surface area (Å²) < 4.78 is 2.13. The fraction of sp³-hybridized carbons (Fsp3) is 0.533. The number of nitrogens with one attached hydrogen (secondary N) is 1. The number of pyridine rings is 1. The Balaban J connectivity index is 1.36. The summed E-state index contributed by atoms with van der Waals surface area (Å²) in [7, 11) is 2.19. The van der Waals surface area contributed by atoms with Gasteiger partial charge in [0.2, 0.25) is 0 Å². The second kappa shape index (κ2) is 10.6. The smallest absolute Gasteiger partial charge is 0.313 e. The van der Waals surface area contributed by atoms with E-state index in [1.807, 2.05) is 6.92 Å². The lowest BCUT2D eigenvalue weighted by Crippen LogP contribution is -2.47. The molecule has 0 saturated carbocycles. The van der Waals surface area contributed by atoms with Crippen LogP contribution in [0.4, 0.5) is 11.5 Å². The number of anilines is 2. The molecule has 2 aliphatic rings. The highest BCUT2D eigenvalue weighted by molar-refractivity contribution is 6.39. The highest BCUT2D eigenvalue weighted by Gasteiger charge is 2.35. The zero-order valence-corrected chi connectivity index (χ0v) is 23.8. The lowest BCUT2D eigenvalue weighted by atomic mass is 9.87. The maximum atomic E-state index is 13.5. The van der Waals surface area contributed by atoms with Crippen molar-refractivity contribution in [3.05, 3.63) is 47.8 Å². The van der Waals surface area contributed by atoms with Crippen LogP contribution in [0, 0.1) is 5.92 Å². The molecule has 0 aliphatic carbocycles. The molecule has 2 saturated heterocycles. The molecule has 3 N–H and O–H groups in total. The zero-order valence-electron chi connectivity index (χ0n) is 23.8. The zero-order chi connectivity index (χ0) is 27.9. The molecule has 2 aromatic heterocycles. The van der Waals surface area contributed by atoms with Crippen molar-refractivity contribution in [3.8, 4) is 0 Å². The van der Waals surface area contributed by atoms with Gasteiger partial charge in [0.1, 0.15) is 5.82 Å². The number of nitrogens with two attached hydrogens (primary N) is 1. The van der Waals surface area contributed by atoms with E-state index in [1.54, 1.807) is 11.0 Å². The number of aromatic nitrogens is 3. The Hall–Kier alpha value is -3.46. The van der Waals surface area contributed by atoms with Gasteiger partial charge >= 0.3 is 11.8 Å². The molecule has 9 nitrogen and oxygen atoms in total. The number of aryl methyl sites for hydroxylation is 1. The number of piperidine rings is 2. The van der Waals surface area contributed by atoms with E-state index in [2.05, 4.69) is 72.1 Å². The van der Waals surface area contributed by atoms with E-state index in [0.29, 0.717) is 36.4 Å². The SMILES string of the molecule is CCc1cc(NC(=O)C(=O)N2C[C@@H](C)CCC2c2ccc3cn(C4CCN(C)C(C)(C)C4)nc3c2)cnc1N. The van der Waals surface area contributed by atoms with Crippen molar-refractivity contribution >= 4 is 34.2 Å². The molecular weight excluding hydrogens is 490 g/mol. The first-order chi connectivity index (χ1) is 18.6. The summed E-state index contributed by atoms with van der Waals surface area (Å²) in [6.45, 7) is 10.3. The van der Waals surface area contributed by atoms with Gasteiger partial charge in [0.05, 0.1) is 29.5 Å². The Kier molecular flexibility index (Phi) is 7.37. The number of benzene rings is 1. The fourth-order valence-electron chi connectivity index (χ4n) is 6.06. The van der Waals surface area contributed by atoms with Crippen molar-refractivity contribution in [3.63, 3.8) is 0 Å². The molecule has 0 radical (unpaired) electrons. The van der Waals surface area contributed by atoms with Crippen LogP contribution in [-0.4, -0.2) is 62.1 Å². The normalized spacial score (nSPS) is 23.6. The van der Waals surface area contributed by atoms with Gasteiger partial charge in [-0.05, 0) is 82.2 Å². The van der Waals surface area contributed by atoms with Gasteiger partial charge in [0.25, 0.3) is 0 Å². The van der Waals surface area contributed by atoms with E-state index in [4.69, 9.17) is 10.8 Å². The highest BCUT2D eigenvalue weighted by Crippen LogP contribution is 2.36. The van der Waals surface area contributed by atoms with E-state index in [-0.39, 0.29) is 11.6 Å². The summed E-state index contributed by atoms with van der Waals surface area (Å²) in [5, 5.41) is 8.81. The lowest BCUT2D eigenvalue weighted by Gasteiger charge is -2.43. The Labute approximate surface area is 230 Å². The standard InChI is InChI=1S/C30H41N7O2/c1-6-20-13-23(16-32-27(20)31)33-28(38)29(39)36-17-19(2)7-10-26(36)21-8-9-22-18-37(34-25(22)14-21)24-11-12-35(5)30(3,4)15-24/h8-9,13-14,16,18-19,24,26H,6-7,10-12,15,17H2,1-5H3,(H2,31,32)(H,33,38)/t19-,24?,26?/m0/s1. The van der Waals surface area contributed by atoms with Gasteiger partial charge in [-0.15, -0.1) is 0 Å². The first kappa shape index (κ1) is 27.1. The molecule has 2 unspecified atom stereocenters. The number of hydrogen-bond donors (Lipinski definition) is 2. The number of nitrogens with zero attached hydrogens (tertiary/aromatic N) is 5. The molecule has 1 aromatic carbocycles. The third-order valence-corrected chi connectivity index (χ3v) is 8.79. The molecule has 2 aliphatic heterocycles. The molecule has 2 fully saturated rings. The maximum Gasteiger partial charge on any atom is 0.313 e. The molecular formula is C30H41N7O2. The van der Waals surface area contributed by atoms with Crippen LogP contribution in [0.5, 0.6) is 0 Å². The first-order valence-corrected chi connectivity index (χ1v) is 14.1. The minimum Gasteiger partial charge on any atom is -0.383 e. The van der Waals surface area contributed by atoms with Crippen LogP contribution in [0.15, 0.2) is 36.7 Å². The average molecular weight is 532 g/mol. The van der Waals surface area contributed by atoms with Crippen LogP contribution in [0.1, 0.15) is 76.6 Å². The molecule has 4 heterocycles. The van der Waals surface area contributed by atoms with E-state index in [0.717, 1.165) is 54.3 Å². The molecule has 0 bridgehead atoms. The molecule has 0 spiro atoms. The molecule has 5 rings (SSSR count). The Morgan fingerprint density at radius 1 is 1.18 bits per heavy atom. The van der Waals surface area contributed by atoms with Gasteiger partial charge in [-0.25, -0.2) is 4.98 Å². The van der Waals surface area contributed by atoms with Gasteiger partial charge < -0.3 is 20.9 Å². The second-order valence-electron chi connectivity index (χ2n) is 12.0. The Bertz CT molecular complexity index is 1380. The van der Waals surface area contributed by atoms with E-state index < -0.39 is 11.8 Å². The van der Waals surface area contributed by atoms with E-state index in [1.165, 1.54) is 6.20 Å². The van der Waals surface area contributed by atoms with Crippen LogP contribution < -0.4 is 11.1 Å². The minimum absolute atomic E-state index is 0.132. The predicted octanol–water partition coefficient (Wildman–Crippen LogP) is 4.56. The van der Waals surface area contributed by atoms with E-state index >= 15 is 0 Å². The van der Waals surface area contributed by atoms with Gasteiger partial charge in [0, 0.05) is 30.2 Å². The van der Waals surface area contributed by atoms with Crippen molar-refractivity contribution < 1.29 is 9.59 Å². The monoisotopic (exact) mass is 531 g/mol. The van der Waals surface area contributed by atoms with Gasteiger partial charge in [-0.1, -0.05) is 26.0 Å². The van der Waals surface area contributed by atoms with E-state index in [9.17, 15) is 9.59 Å². The molecule has 9 heteroatoms. The molecule has 3 aromatic rings. The first-order valence-electron chi connectivity index (χ1n) is 14.1. The molecule has 39 heavy (non-hydrogen) atoms. The number of rotatable bonds is 4. The van der Waals surface area contributed by atoms with Crippen molar-refractivity contribution in [1.82, 2.24) is 24.6 Å². The summed E-state index contributed by atoms with van der Waals surface area (Å²) in [6.07, 6.45) is 8.25. The Morgan fingerprint density at radius 2 is 1.97 bits per heavy atom. The number of hydrogen-bond acceptors (Lipinski definition) is 6. The molecule has 3 atom stereocenters. The predicted molar refractivity (Wildman–Crippen MR) is 154 cm³/mol. The summed E-state index contributed by atoms with van der Waals surface area (Å²) >= 11 is 0. The number of carbonyl (C=O) groups is 2.